The maximum absolute atomic E-state index is 13.3. The number of anilines is 1. The van der Waals surface area contributed by atoms with Gasteiger partial charge in [0, 0.05) is 17.8 Å². The van der Waals surface area contributed by atoms with Crippen molar-refractivity contribution in [2.24, 2.45) is 0 Å². The van der Waals surface area contributed by atoms with Crippen LogP contribution >= 0.6 is 0 Å². The number of aryl methyl sites for hydroxylation is 1. The molecule has 30 heavy (non-hydrogen) atoms. The van der Waals surface area contributed by atoms with Crippen molar-refractivity contribution in [1.29, 1.82) is 0 Å². The van der Waals surface area contributed by atoms with Gasteiger partial charge in [-0.25, -0.2) is 13.2 Å². The third kappa shape index (κ3) is 5.47. The molecule has 0 fully saturated rings. The first-order valence-electron chi connectivity index (χ1n) is 9.29. The van der Waals surface area contributed by atoms with Crippen molar-refractivity contribution < 1.29 is 22.8 Å². The number of nitrogens with one attached hydrogen (secondary N) is 2. The van der Waals surface area contributed by atoms with E-state index in [-0.39, 0.29) is 5.69 Å². The summed E-state index contributed by atoms with van der Waals surface area (Å²) in [5.41, 5.74) is 1.54. The van der Waals surface area contributed by atoms with Crippen molar-refractivity contribution >= 4 is 17.5 Å². The Morgan fingerprint density at radius 2 is 1.37 bits per heavy atom. The predicted molar refractivity (Wildman–Crippen MR) is 107 cm³/mol. The first-order valence-corrected chi connectivity index (χ1v) is 9.29. The second-order valence-corrected chi connectivity index (χ2v) is 6.67. The molecule has 0 spiro atoms. The minimum Gasteiger partial charge on any atom is -0.341 e. The smallest absolute Gasteiger partial charge is 0.313 e. The topological polar surface area (TPSA) is 58.2 Å². The van der Waals surface area contributed by atoms with Crippen LogP contribution < -0.4 is 10.6 Å². The Hall–Kier alpha value is -3.61. The summed E-state index contributed by atoms with van der Waals surface area (Å²) in [5, 5.41) is 4.74. The molecular weight excluding hydrogens is 393 g/mol. The van der Waals surface area contributed by atoms with E-state index in [9.17, 15) is 22.8 Å². The fourth-order valence-electron chi connectivity index (χ4n) is 3.00. The van der Waals surface area contributed by atoms with E-state index < -0.39 is 35.3 Å². The Morgan fingerprint density at radius 1 is 0.800 bits per heavy atom. The summed E-state index contributed by atoms with van der Waals surface area (Å²) in [6.07, 6.45) is 1.20. The molecule has 0 aliphatic carbocycles. The predicted octanol–water partition coefficient (Wildman–Crippen LogP) is 4.53. The summed E-state index contributed by atoms with van der Waals surface area (Å²) in [5.74, 6) is -6.66. The minimum absolute atomic E-state index is 0.355. The standard InChI is InChI=1S/C23H19F3N2O2/c24-18-13-17(14-19(25)21(18)26)27-22(29)23(30)28-20(16-9-5-2-6-10-16)12-11-15-7-3-1-4-8-15/h1-10,13-14,20H,11-12H2,(H,27,29)(H,28,30). The van der Waals surface area contributed by atoms with Gasteiger partial charge in [-0.3, -0.25) is 9.59 Å². The van der Waals surface area contributed by atoms with Gasteiger partial charge in [0.2, 0.25) is 0 Å². The lowest BCUT2D eigenvalue weighted by molar-refractivity contribution is -0.136. The Labute approximate surface area is 171 Å². The van der Waals surface area contributed by atoms with Crippen LogP contribution in [-0.2, 0) is 16.0 Å². The normalized spacial score (nSPS) is 11.6. The third-order valence-electron chi connectivity index (χ3n) is 4.52. The summed E-state index contributed by atoms with van der Waals surface area (Å²) >= 11 is 0. The zero-order valence-electron chi connectivity index (χ0n) is 15.9. The SMILES string of the molecule is O=C(Nc1cc(F)c(F)c(F)c1)C(=O)NC(CCc1ccccc1)c1ccccc1. The molecule has 0 aliphatic rings. The van der Waals surface area contributed by atoms with Gasteiger partial charge in [-0.05, 0) is 24.0 Å². The summed E-state index contributed by atoms with van der Waals surface area (Å²) in [6, 6.07) is 19.6. The average molecular weight is 412 g/mol. The zero-order chi connectivity index (χ0) is 21.5. The summed E-state index contributed by atoms with van der Waals surface area (Å²) < 4.78 is 39.7. The van der Waals surface area contributed by atoms with Crippen molar-refractivity contribution in [2.75, 3.05) is 5.32 Å². The number of hydrogen-bond acceptors (Lipinski definition) is 2. The van der Waals surface area contributed by atoms with Gasteiger partial charge in [0.25, 0.3) is 0 Å². The fourth-order valence-corrected chi connectivity index (χ4v) is 3.00. The molecule has 154 valence electrons. The highest BCUT2D eigenvalue weighted by molar-refractivity contribution is 6.39. The number of hydrogen-bond donors (Lipinski definition) is 2. The van der Waals surface area contributed by atoms with Gasteiger partial charge < -0.3 is 10.6 Å². The van der Waals surface area contributed by atoms with Gasteiger partial charge in [-0.1, -0.05) is 60.7 Å². The first-order chi connectivity index (χ1) is 14.4. The van der Waals surface area contributed by atoms with E-state index in [1.807, 2.05) is 60.7 Å². The molecule has 3 aromatic rings. The molecule has 2 amide bonds. The van der Waals surface area contributed by atoms with Crippen molar-refractivity contribution in [1.82, 2.24) is 5.32 Å². The lowest BCUT2D eigenvalue weighted by Crippen LogP contribution is -2.38. The van der Waals surface area contributed by atoms with Crippen LogP contribution in [0.2, 0.25) is 0 Å². The highest BCUT2D eigenvalue weighted by Gasteiger charge is 2.21. The van der Waals surface area contributed by atoms with Gasteiger partial charge in [-0.2, -0.15) is 0 Å². The van der Waals surface area contributed by atoms with Crippen LogP contribution in [0.4, 0.5) is 18.9 Å². The Kier molecular flexibility index (Phi) is 6.85. The summed E-state index contributed by atoms with van der Waals surface area (Å²) in [4.78, 5) is 24.6. The van der Waals surface area contributed by atoms with Gasteiger partial charge in [0.1, 0.15) is 0 Å². The average Bonchev–Trinajstić information content (AvgIpc) is 2.76. The Bertz CT molecular complexity index is 1000. The number of carbonyl (C=O) groups excluding carboxylic acids is 2. The molecule has 2 N–H and O–H groups in total. The first kappa shape index (κ1) is 21.1. The van der Waals surface area contributed by atoms with Crippen molar-refractivity contribution in [2.45, 2.75) is 18.9 Å². The summed E-state index contributed by atoms with van der Waals surface area (Å²) in [7, 11) is 0. The van der Waals surface area contributed by atoms with Crippen LogP contribution in [0, 0.1) is 17.5 Å². The Balaban J connectivity index is 1.70. The van der Waals surface area contributed by atoms with Crippen LogP contribution in [0.15, 0.2) is 72.8 Å². The largest absolute Gasteiger partial charge is 0.341 e. The molecule has 3 rings (SSSR count). The zero-order valence-corrected chi connectivity index (χ0v) is 15.9. The molecule has 1 unspecified atom stereocenters. The maximum Gasteiger partial charge on any atom is 0.313 e. The molecule has 0 aliphatic heterocycles. The van der Waals surface area contributed by atoms with E-state index in [4.69, 9.17) is 0 Å². The third-order valence-corrected chi connectivity index (χ3v) is 4.52. The number of halogens is 3. The van der Waals surface area contributed by atoms with E-state index in [0.29, 0.717) is 25.0 Å². The molecular formula is C23H19F3N2O2. The maximum atomic E-state index is 13.3. The van der Waals surface area contributed by atoms with Crippen molar-refractivity contribution in [3.8, 4) is 0 Å². The molecule has 4 nitrogen and oxygen atoms in total. The van der Waals surface area contributed by atoms with Crippen LogP contribution in [0.5, 0.6) is 0 Å². The minimum atomic E-state index is -1.65. The molecule has 7 heteroatoms. The molecule has 1 atom stereocenters. The van der Waals surface area contributed by atoms with E-state index in [2.05, 4.69) is 10.6 Å². The molecule has 0 aromatic heterocycles. The number of benzene rings is 3. The molecule has 0 radical (unpaired) electrons. The van der Waals surface area contributed by atoms with Crippen LogP contribution in [0.25, 0.3) is 0 Å². The number of carbonyl (C=O) groups is 2. The number of amides is 2. The molecule has 0 heterocycles. The van der Waals surface area contributed by atoms with E-state index in [1.165, 1.54) is 0 Å². The van der Waals surface area contributed by atoms with E-state index in [1.54, 1.807) is 0 Å². The van der Waals surface area contributed by atoms with Crippen molar-refractivity contribution in [3.63, 3.8) is 0 Å². The summed E-state index contributed by atoms with van der Waals surface area (Å²) in [6.45, 7) is 0. The molecule has 0 saturated heterocycles. The van der Waals surface area contributed by atoms with E-state index in [0.717, 1.165) is 11.1 Å². The van der Waals surface area contributed by atoms with E-state index >= 15 is 0 Å². The van der Waals surface area contributed by atoms with Gasteiger partial charge >= 0.3 is 11.8 Å². The molecule has 3 aromatic carbocycles. The second kappa shape index (κ2) is 9.73. The highest BCUT2D eigenvalue weighted by atomic mass is 19.2. The Morgan fingerprint density at radius 3 is 1.97 bits per heavy atom. The monoisotopic (exact) mass is 412 g/mol. The molecule has 0 saturated carbocycles. The lowest BCUT2D eigenvalue weighted by Gasteiger charge is -2.19. The van der Waals surface area contributed by atoms with Gasteiger partial charge in [-0.15, -0.1) is 0 Å². The lowest BCUT2D eigenvalue weighted by atomic mass is 9.99. The fraction of sp³-hybridized carbons (Fsp3) is 0.130. The molecule has 0 bridgehead atoms. The second-order valence-electron chi connectivity index (χ2n) is 6.67. The number of rotatable bonds is 6. The van der Waals surface area contributed by atoms with Crippen LogP contribution in [0.3, 0.4) is 0 Å². The quantitative estimate of drug-likeness (QED) is 0.462. The van der Waals surface area contributed by atoms with Gasteiger partial charge in [0.05, 0.1) is 6.04 Å². The van der Waals surface area contributed by atoms with Crippen LogP contribution in [0.1, 0.15) is 23.6 Å². The van der Waals surface area contributed by atoms with Crippen LogP contribution in [-0.4, -0.2) is 11.8 Å². The van der Waals surface area contributed by atoms with Crippen molar-refractivity contribution in [3.05, 3.63) is 101 Å². The van der Waals surface area contributed by atoms with Gasteiger partial charge in [0.15, 0.2) is 17.5 Å². The highest BCUT2D eigenvalue weighted by Crippen LogP contribution is 2.20.